The summed E-state index contributed by atoms with van der Waals surface area (Å²) in [5, 5.41) is 7.58. The third-order valence-corrected chi connectivity index (χ3v) is 3.23. The minimum atomic E-state index is 0.0536. The molecule has 1 saturated carbocycles. The van der Waals surface area contributed by atoms with Crippen molar-refractivity contribution in [3.63, 3.8) is 0 Å². The van der Waals surface area contributed by atoms with Crippen molar-refractivity contribution in [1.82, 2.24) is 14.8 Å². The predicted molar refractivity (Wildman–Crippen MR) is 55.2 cm³/mol. The molecular formula is C10H16N4O. The zero-order valence-corrected chi connectivity index (χ0v) is 8.89. The normalized spacial score (nSPS) is 25.7. The van der Waals surface area contributed by atoms with E-state index in [-0.39, 0.29) is 11.7 Å². The standard InChI is InChI=1S/C10H16N4O/c1-14-6-12-13-10(14)9(15)8-4-2-3-7(8)5-11/h6-8H,2-5,11H2,1H3/t7-,8-/m1/s1. The maximum Gasteiger partial charge on any atom is 0.203 e. The predicted octanol–water partition coefficient (Wildman–Crippen LogP) is 0.373. The molecule has 1 aromatic heterocycles. The summed E-state index contributed by atoms with van der Waals surface area (Å²) >= 11 is 0. The van der Waals surface area contributed by atoms with Crippen LogP contribution in [0.4, 0.5) is 0 Å². The number of hydrogen-bond acceptors (Lipinski definition) is 4. The molecule has 2 N–H and O–H groups in total. The number of aryl methyl sites for hydroxylation is 1. The molecule has 5 heteroatoms. The summed E-state index contributed by atoms with van der Waals surface area (Å²) in [6.07, 6.45) is 4.65. The van der Waals surface area contributed by atoms with Crippen molar-refractivity contribution in [2.45, 2.75) is 19.3 Å². The van der Waals surface area contributed by atoms with Crippen LogP contribution in [-0.4, -0.2) is 27.1 Å². The van der Waals surface area contributed by atoms with E-state index >= 15 is 0 Å². The second kappa shape index (κ2) is 4.10. The molecule has 1 aromatic rings. The van der Waals surface area contributed by atoms with Crippen LogP contribution < -0.4 is 5.73 Å². The molecule has 0 aliphatic heterocycles. The second-order valence-corrected chi connectivity index (χ2v) is 4.16. The lowest BCUT2D eigenvalue weighted by molar-refractivity contribution is 0.0879. The fraction of sp³-hybridized carbons (Fsp3) is 0.700. The largest absolute Gasteiger partial charge is 0.330 e. The number of rotatable bonds is 3. The molecule has 1 heterocycles. The van der Waals surface area contributed by atoms with Gasteiger partial charge in [-0.1, -0.05) is 6.42 Å². The van der Waals surface area contributed by atoms with Gasteiger partial charge in [0, 0.05) is 13.0 Å². The zero-order chi connectivity index (χ0) is 10.8. The van der Waals surface area contributed by atoms with E-state index < -0.39 is 0 Å². The van der Waals surface area contributed by atoms with E-state index in [9.17, 15) is 4.79 Å². The maximum absolute atomic E-state index is 12.1. The van der Waals surface area contributed by atoms with Crippen LogP contribution in [0.25, 0.3) is 0 Å². The lowest BCUT2D eigenvalue weighted by atomic mass is 9.91. The zero-order valence-electron chi connectivity index (χ0n) is 8.89. The summed E-state index contributed by atoms with van der Waals surface area (Å²) in [5.41, 5.74) is 5.66. The number of carbonyl (C=O) groups excluding carboxylic acids is 1. The highest BCUT2D eigenvalue weighted by atomic mass is 16.1. The molecule has 0 saturated heterocycles. The number of ketones is 1. The average molecular weight is 208 g/mol. The summed E-state index contributed by atoms with van der Waals surface area (Å²) in [7, 11) is 1.79. The first-order valence-corrected chi connectivity index (χ1v) is 5.32. The molecule has 82 valence electrons. The summed E-state index contributed by atoms with van der Waals surface area (Å²) in [6.45, 7) is 0.592. The highest BCUT2D eigenvalue weighted by Gasteiger charge is 2.34. The Labute approximate surface area is 88.7 Å². The quantitative estimate of drug-likeness (QED) is 0.728. The lowest BCUT2D eigenvalue weighted by Gasteiger charge is -2.15. The Morgan fingerprint density at radius 1 is 1.67 bits per heavy atom. The highest BCUT2D eigenvalue weighted by molar-refractivity contribution is 5.94. The third kappa shape index (κ3) is 1.79. The average Bonchev–Trinajstić information content (AvgIpc) is 2.84. The number of hydrogen-bond donors (Lipinski definition) is 1. The van der Waals surface area contributed by atoms with Crippen LogP contribution in [0.3, 0.4) is 0 Å². The van der Waals surface area contributed by atoms with Crippen molar-refractivity contribution in [1.29, 1.82) is 0 Å². The van der Waals surface area contributed by atoms with Crippen LogP contribution in [0.5, 0.6) is 0 Å². The van der Waals surface area contributed by atoms with Gasteiger partial charge >= 0.3 is 0 Å². The van der Waals surface area contributed by atoms with E-state index in [1.165, 1.54) is 0 Å². The van der Waals surface area contributed by atoms with Gasteiger partial charge in [-0.2, -0.15) is 0 Å². The third-order valence-electron chi connectivity index (χ3n) is 3.23. The van der Waals surface area contributed by atoms with Gasteiger partial charge in [0.25, 0.3) is 0 Å². The van der Waals surface area contributed by atoms with E-state index in [0.717, 1.165) is 19.3 Å². The van der Waals surface area contributed by atoms with Gasteiger partial charge in [0.2, 0.25) is 5.78 Å². The molecule has 0 spiro atoms. The first-order chi connectivity index (χ1) is 7.24. The van der Waals surface area contributed by atoms with Crippen LogP contribution in [0.1, 0.15) is 29.9 Å². The molecule has 0 radical (unpaired) electrons. The van der Waals surface area contributed by atoms with Gasteiger partial charge in [-0.25, -0.2) is 0 Å². The fourth-order valence-electron chi connectivity index (χ4n) is 2.34. The monoisotopic (exact) mass is 208 g/mol. The minimum Gasteiger partial charge on any atom is -0.330 e. The lowest BCUT2D eigenvalue weighted by Crippen LogP contribution is -2.27. The number of aromatic nitrogens is 3. The second-order valence-electron chi connectivity index (χ2n) is 4.16. The Kier molecular flexibility index (Phi) is 2.81. The van der Waals surface area contributed by atoms with E-state index in [1.807, 2.05) is 0 Å². The van der Waals surface area contributed by atoms with Gasteiger partial charge in [-0.05, 0) is 25.3 Å². The van der Waals surface area contributed by atoms with Crippen LogP contribution in [0, 0.1) is 11.8 Å². The van der Waals surface area contributed by atoms with Crippen molar-refractivity contribution < 1.29 is 4.79 Å². The fourth-order valence-corrected chi connectivity index (χ4v) is 2.34. The summed E-state index contributed by atoms with van der Waals surface area (Å²) < 4.78 is 1.67. The van der Waals surface area contributed by atoms with E-state index in [2.05, 4.69) is 10.2 Å². The van der Waals surface area contributed by atoms with Crippen molar-refractivity contribution in [2.75, 3.05) is 6.54 Å². The summed E-state index contributed by atoms with van der Waals surface area (Å²) in [6, 6.07) is 0. The number of carbonyl (C=O) groups is 1. The SMILES string of the molecule is Cn1cnnc1C(=O)[C@@H]1CCC[C@@H]1CN. The first kappa shape index (κ1) is 10.3. The smallest absolute Gasteiger partial charge is 0.203 e. The molecule has 1 fully saturated rings. The Bertz CT molecular complexity index is 360. The van der Waals surface area contributed by atoms with Crippen LogP contribution in [0.15, 0.2) is 6.33 Å². The van der Waals surface area contributed by atoms with Crippen LogP contribution >= 0.6 is 0 Å². The Morgan fingerprint density at radius 3 is 3.07 bits per heavy atom. The van der Waals surface area contributed by atoms with Crippen molar-refractivity contribution in [3.8, 4) is 0 Å². The topological polar surface area (TPSA) is 73.8 Å². The van der Waals surface area contributed by atoms with Crippen LogP contribution in [-0.2, 0) is 7.05 Å². The highest BCUT2D eigenvalue weighted by Crippen LogP contribution is 2.32. The van der Waals surface area contributed by atoms with Gasteiger partial charge < -0.3 is 10.3 Å². The maximum atomic E-state index is 12.1. The van der Waals surface area contributed by atoms with Gasteiger partial charge in [-0.3, -0.25) is 4.79 Å². The van der Waals surface area contributed by atoms with E-state index in [1.54, 1.807) is 17.9 Å². The number of nitrogens with zero attached hydrogens (tertiary/aromatic N) is 3. The Balaban J connectivity index is 2.18. The molecule has 1 aliphatic carbocycles. The van der Waals surface area contributed by atoms with Gasteiger partial charge in [0.05, 0.1) is 0 Å². The first-order valence-electron chi connectivity index (χ1n) is 5.32. The molecule has 5 nitrogen and oxygen atoms in total. The Hall–Kier alpha value is -1.23. The van der Waals surface area contributed by atoms with Crippen LogP contribution in [0.2, 0.25) is 0 Å². The van der Waals surface area contributed by atoms with Crippen molar-refractivity contribution in [2.24, 2.45) is 24.6 Å². The Morgan fingerprint density at radius 2 is 2.47 bits per heavy atom. The van der Waals surface area contributed by atoms with Crippen molar-refractivity contribution >= 4 is 5.78 Å². The van der Waals surface area contributed by atoms with Gasteiger partial charge in [-0.15, -0.1) is 10.2 Å². The molecule has 0 aromatic carbocycles. The molecule has 1 aliphatic rings. The molecule has 0 unspecified atom stereocenters. The summed E-state index contributed by atoms with van der Waals surface area (Å²) in [4.78, 5) is 12.1. The minimum absolute atomic E-state index is 0.0536. The van der Waals surface area contributed by atoms with E-state index in [0.29, 0.717) is 18.3 Å². The summed E-state index contributed by atoms with van der Waals surface area (Å²) in [5.74, 6) is 0.940. The molecule has 15 heavy (non-hydrogen) atoms. The molecule has 0 bridgehead atoms. The number of Topliss-reactive ketones (excluding diaryl/α,β-unsaturated/α-hetero) is 1. The van der Waals surface area contributed by atoms with E-state index in [4.69, 9.17) is 5.73 Å². The molecule has 2 rings (SSSR count). The van der Waals surface area contributed by atoms with Gasteiger partial charge in [0.15, 0.2) is 5.82 Å². The van der Waals surface area contributed by atoms with Gasteiger partial charge in [0.1, 0.15) is 6.33 Å². The molecule has 2 atom stereocenters. The molecule has 0 amide bonds. The molecular weight excluding hydrogens is 192 g/mol. The number of nitrogens with two attached hydrogens (primary N) is 1. The van der Waals surface area contributed by atoms with Crippen molar-refractivity contribution in [3.05, 3.63) is 12.2 Å².